The standard InChI is InChI=1S/C12H15BrClNO/c1-12(2,10(14)11(15)16)7-8-4-3-5-9(13)6-8/h3-6,10H,7H2,1-2H3,(H2,15,16). The van der Waals surface area contributed by atoms with Crippen molar-refractivity contribution in [1.82, 2.24) is 0 Å². The number of halogens is 2. The summed E-state index contributed by atoms with van der Waals surface area (Å²) in [5, 5.41) is -0.661. The maximum atomic E-state index is 11.1. The Morgan fingerprint density at radius 2 is 2.19 bits per heavy atom. The van der Waals surface area contributed by atoms with E-state index >= 15 is 0 Å². The number of carbonyl (C=O) groups is 1. The molecule has 0 spiro atoms. The van der Waals surface area contributed by atoms with E-state index in [-0.39, 0.29) is 5.41 Å². The van der Waals surface area contributed by atoms with Crippen LogP contribution in [0.2, 0.25) is 0 Å². The van der Waals surface area contributed by atoms with Crippen LogP contribution >= 0.6 is 27.5 Å². The molecule has 0 radical (unpaired) electrons. The number of rotatable bonds is 4. The van der Waals surface area contributed by atoms with Crippen LogP contribution in [0.3, 0.4) is 0 Å². The molecule has 4 heteroatoms. The molecule has 16 heavy (non-hydrogen) atoms. The van der Waals surface area contributed by atoms with E-state index in [1.807, 2.05) is 38.1 Å². The Morgan fingerprint density at radius 1 is 1.56 bits per heavy atom. The lowest BCUT2D eigenvalue weighted by Gasteiger charge is -2.28. The van der Waals surface area contributed by atoms with Gasteiger partial charge in [0, 0.05) is 4.47 Å². The third-order valence-electron chi connectivity index (χ3n) is 2.48. The van der Waals surface area contributed by atoms with E-state index < -0.39 is 11.3 Å². The minimum Gasteiger partial charge on any atom is -0.368 e. The highest BCUT2D eigenvalue weighted by atomic mass is 79.9. The number of hydrogen-bond donors (Lipinski definition) is 1. The maximum absolute atomic E-state index is 11.1. The van der Waals surface area contributed by atoms with Gasteiger partial charge < -0.3 is 5.73 Å². The highest BCUT2D eigenvalue weighted by Crippen LogP contribution is 2.30. The number of alkyl halides is 1. The van der Waals surface area contributed by atoms with Crippen molar-refractivity contribution >= 4 is 33.4 Å². The number of primary amides is 1. The molecule has 88 valence electrons. The molecule has 1 aromatic carbocycles. The molecule has 1 aromatic rings. The van der Waals surface area contributed by atoms with Gasteiger partial charge in [-0.25, -0.2) is 0 Å². The monoisotopic (exact) mass is 303 g/mol. The van der Waals surface area contributed by atoms with Crippen LogP contribution in [0.5, 0.6) is 0 Å². The second-order valence-electron chi connectivity index (χ2n) is 4.56. The van der Waals surface area contributed by atoms with E-state index in [9.17, 15) is 4.79 Å². The van der Waals surface area contributed by atoms with E-state index in [1.165, 1.54) is 0 Å². The van der Waals surface area contributed by atoms with E-state index in [1.54, 1.807) is 0 Å². The van der Waals surface area contributed by atoms with Crippen molar-refractivity contribution in [2.45, 2.75) is 25.6 Å². The Kier molecular flexibility index (Phi) is 4.39. The van der Waals surface area contributed by atoms with Crippen molar-refractivity contribution in [2.24, 2.45) is 11.1 Å². The first kappa shape index (κ1) is 13.5. The number of hydrogen-bond acceptors (Lipinski definition) is 1. The van der Waals surface area contributed by atoms with Crippen molar-refractivity contribution in [3.05, 3.63) is 34.3 Å². The van der Waals surface area contributed by atoms with E-state index in [0.717, 1.165) is 10.0 Å². The first-order chi connectivity index (χ1) is 7.33. The zero-order chi connectivity index (χ0) is 12.3. The third-order valence-corrected chi connectivity index (χ3v) is 3.78. The third kappa shape index (κ3) is 3.49. The van der Waals surface area contributed by atoms with Gasteiger partial charge in [0.25, 0.3) is 0 Å². The summed E-state index contributed by atoms with van der Waals surface area (Å²) in [5.74, 6) is -0.471. The lowest BCUT2D eigenvalue weighted by Crippen LogP contribution is -2.38. The first-order valence-electron chi connectivity index (χ1n) is 5.01. The van der Waals surface area contributed by atoms with Crippen LogP contribution in [0.4, 0.5) is 0 Å². The molecule has 0 saturated heterocycles. The highest BCUT2D eigenvalue weighted by molar-refractivity contribution is 9.10. The number of nitrogens with two attached hydrogens (primary N) is 1. The number of benzene rings is 1. The van der Waals surface area contributed by atoms with E-state index in [0.29, 0.717) is 6.42 Å². The molecular weight excluding hydrogens is 289 g/mol. The molecule has 1 atom stereocenters. The molecule has 1 amide bonds. The smallest absolute Gasteiger partial charge is 0.236 e. The van der Waals surface area contributed by atoms with Gasteiger partial charge in [-0.2, -0.15) is 0 Å². The summed E-state index contributed by atoms with van der Waals surface area (Å²) in [5.41, 5.74) is 6.00. The van der Waals surface area contributed by atoms with Crippen LogP contribution in [0.15, 0.2) is 28.7 Å². The lowest BCUT2D eigenvalue weighted by molar-refractivity contribution is -0.119. The summed E-state index contributed by atoms with van der Waals surface area (Å²) in [6, 6.07) is 7.95. The summed E-state index contributed by atoms with van der Waals surface area (Å²) in [6.07, 6.45) is 0.712. The van der Waals surface area contributed by atoms with Gasteiger partial charge in [-0.3, -0.25) is 4.79 Å². The van der Waals surface area contributed by atoms with Gasteiger partial charge in [0.1, 0.15) is 5.38 Å². The molecule has 0 heterocycles. The molecule has 2 nitrogen and oxygen atoms in total. The predicted octanol–water partition coefficient (Wildman–Crippen LogP) is 3.11. The van der Waals surface area contributed by atoms with Gasteiger partial charge in [-0.1, -0.05) is 41.9 Å². The molecule has 0 aromatic heterocycles. The molecule has 2 N–H and O–H groups in total. The fourth-order valence-corrected chi connectivity index (χ4v) is 2.17. The van der Waals surface area contributed by atoms with Crippen LogP contribution in [0, 0.1) is 5.41 Å². The van der Waals surface area contributed by atoms with Crippen molar-refractivity contribution in [3.63, 3.8) is 0 Å². The van der Waals surface area contributed by atoms with Gasteiger partial charge in [0.15, 0.2) is 0 Å². The van der Waals surface area contributed by atoms with Gasteiger partial charge in [0.2, 0.25) is 5.91 Å². The zero-order valence-electron chi connectivity index (χ0n) is 9.34. The lowest BCUT2D eigenvalue weighted by atomic mass is 9.82. The SMILES string of the molecule is CC(C)(Cc1cccc(Br)c1)C(Cl)C(N)=O. The Labute approximate surface area is 109 Å². The summed E-state index contributed by atoms with van der Waals surface area (Å²) in [6.45, 7) is 3.88. The Balaban J connectivity index is 2.84. The highest BCUT2D eigenvalue weighted by Gasteiger charge is 2.32. The number of amides is 1. The van der Waals surface area contributed by atoms with Gasteiger partial charge in [-0.05, 0) is 29.5 Å². The van der Waals surface area contributed by atoms with Crippen molar-refractivity contribution in [1.29, 1.82) is 0 Å². The maximum Gasteiger partial charge on any atom is 0.236 e. The Bertz CT molecular complexity index is 392. The quantitative estimate of drug-likeness (QED) is 0.853. The molecular formula is C12H15BrClNO. The Morgan fingerprint density at radius 3 is 2.69 bits per heavy atom. The van der Waals surface area contributed by atoms with Crippen LogP contribution in [0.1, 0.15) is 19.4 Å². The van der Waals surface area contributed by atoms with Crippen molar-refractivity contribution < 1.29 is 4.79 Å². The first-order valence-corrected chi connectivity index (χ1v) is 6.24. The Hall–Kier alpha value is -0.540. The fraction of sp³-hybridized carbons (Fsp3) is 0.417. The average Bonchev–Trinajstić information content (AvgIpc) is 2.15. The van der Waals surface area contributed by atoms with Crippen LogP contribution < -0.4 is 5.73 Å². The van der Waals surface area contributed by atoms with Crippen LogP contribution in [0.25, 0.3) is 0 Å². The zero-order valence-corrected chi connectivity index (χ0v) is 11.7. The van der Waals surface area contributed by atoms with Gasteiger partial charge >= 0.3 is 0 Å². The largest absolute Gasteiger partial charge is 0.368 e. The minimum atomic E-state index is -0.661. The molecule has 0 aliphatic rings. The topological polar surface area (TPSA) is 43.1 Å². The molecule has 0 bridgehead atoms. The molecule has 0 aliphatic carbocycles. The van der Waals surface area contributed by atoms with E-state index in [4.69, 9.17) is 17.3 Å². The second-order valence-corrected chi connectivity index (χ2v) is 5.91. The summed E-state index contributed by atoms with van der Waals surface area (Å²) in [7, 11) is 0. The number of carbonyl (C=O) groups excluding carboxylic acids is 1. The molecule has 1 rings (SSSR count). The normalized spacial score (nSPS) is 13.5. The molecule has 0 aliphatic heterocycles. The van der Waals surface area contributed by atoms with Crippen LogP contribution in [-0.2, 0) is 11.2 Å². The van der Waals surface area contributed by atoms with E-state index in [2.05, 4.69) is 15.9 Å². The summed E-state index contributed by atoms with van der Waals surface area (Å²) < 4.78 is 1.02. The molecule has 0 fully saturated rings. The summed E-state index contributed by atoms with van der Waals surface area (Å²) in [4.78, 5) is 11.1. The predicted molar refractivity (Wildman–Crippen MR) is 70.5 cm³/mol. The van der Waals surface area contributed by atoms with Crippen LogP contribution in [-0.4, -0.2) is 11.3 Å². The molecule has 0 saturated carbocycles. The second kappa shape index (κ2) is 5.19. The van der Waals surface area contributed by atoms with Gasteiger partial charge in [0.05, 0.1) is 0 Å². The average molecular weight is 305 g/mol. The van der Waals surface area contributed by atoms with Crippen molar-refractivity contribution in [3.8, 4) is 0 Å². The van der Waals surface area contributed by atoms with Gasteiger partial charge in [-0.15, -0.1) is 11.6 Å². The fourth-order valence-electron chi connectivity index (χ4n) is 1.65. The summed E-state index contributed by atoms with van der Waals surface area (Å²) >= 11 is 9.42. The van der Waals surface area contributed by atoms with Crippen molar-refractivity contribution in [2.75, 3.05) is 0 Å². The molecule has 1 unspecified atom stereocenters. The minimum absolute atomic E-state index is 0.353.